The lowest BCUT2D eigenvalue weighted by Gasteiger charge is -2.25. The van der Waals surface area contributed by atoms with E-state index in [1.165, 1.54) is 11.2 Å². The Kier molecular flexibility index (Phi) is 5.59. The fraction of sp³-hybridized carbons (Fsp3) is 0.529. The molecule has 0 atom stereocenters. The molecule has 9 heteroatoms. The first-order valence-electron chi connectivity index (χ1n) is 8.63. The lowest BCUT2D eigenvalue weighted by atomic mass is 10.1. The topological polar surface area (TPSA) is 96.0 Å². The molecule has 1 fully saturated rings. The second-order valence-electron chi connectivity index (χ2n) is 6.39. The molecule has 1 aromatic carbocycles. The summed E-state index contributed by atoms with van der Waals surface area (Å²) in [5, 5.41) is 2.72. The van der Waals surface area contributed by atoms with Crippen LogP contribution in [0.4, 0.5) is 11.4 Å². The van der Waals surface area contributed by atoms with E-state index in [2.05, 4.69) is 5.32 Å². The molecule has 0 saturated carbocycles. The molecule has 1 N–H and O–H groups in total. The van der Waals surface area contributed by atoms with Crippen molar-refractivity contribution in [3.05, 3.63) is 23.8 Å². The van der Waals surface area contributed by atoms with Crippen LogP contribution in [0.15, 0.2) is 18.2 Å². The highest BCUT2D eigenvalue weighted by molar-refractivity contribution is 7.89. The van der Waals surface area contributed by atoms with Crippen molar-refractivity contribution in [3.8, 4) is 0 Å². The number of amides is 2. The second kappa shape index (κ2) is 7.73. The molecule has 142 valence electrons. The van der Waals surface area contributed by atoms with Crippen LogP contribution in [0.5, 0.6) is 0 Å². The molecule has 3 rings (SSSR count). The zero-order valence-electron chi connectivity index (χ0n) is 14.7. The zero-order valence-corrected chi connectivity index (χ0v) is 15.5. The Morgan fingerprint density at radius 1 is 1.19 bits per heavy atom. The van der Waals surface area contributed by atoms with Crippen LogP contribution in [0, 0.1) is 0 Å². The largest absolute Gasteiger partial charge is 0.379 e. The summed E-state index contributed by atoms with van der Waals surface area (Å²) in [6.07, 6.45) is 0.675. The van der Waals surface area contributed by atoms with Crippen LogP contribution in [-0.2, 0) is 30.8 Å². The van der Waals surface area contributed by atoms with Crippen molar-refractivity contribution in [1.29, 1.82) is 0 Å². The molecular formula is C17H23N3O5S. The number of benzene rings is 1. The molecule has 0 spiro atoms. The SMILES string of the molecule is CC(=O)N1CCc2ccc(NC(=O)CCS(=O)(=O)N3CCOCC3)cc21. The van der Waals surface area contributed by atoms with Gasteiger partial charge in [0.1, 0.15) is 0 Å². The summed E-state index contributed by atoms with van der Waals surface area (Å²) >= 11 is 0. The minimum atomic E-state index is -3.46. The Bertz CT molecular complexity index is 803. The summed E-state index contributed by atoms with van der Waals surface area (Å²) in [6.45, 7) is 3.57. The van der Waals surface area contributed by atoms with Crippen LogP contribution in [0.1, 0.15) is 18.9 Å². The van der Waals surface area contributed by atoms with Crippen molar-refractivity contribution >= 4 is 33.2 Å². The van der Waals surface area contributed by atoms with Crippen LogP contribution < -0.4 is 10.2 Å². The molecule has 0 unspecified atom stereocenters. The standard InChI is InChI=1S/C17H23N3O5S/c1-13(21)20-6-4-14-2-3-15(12-16(14)20)18-17(22)5-11-26(23,24)19-7-9-25-10-8-19/h2-3,12H,4-11H2,1H3,(H,18,22). The number of hydrogen-bond donors (Lipinski definition) is 1. The molecule has 2 aliphatic heterocycles. The van der Waals surface area contributed by atoms with E-state index in [4.69, 9.17) is 4.74 Å². The predicted molar refractivity (Wildman–Crippen MR) is 97.6 cm³/mol. The van der Waals surface area contributed by atoms with Gasteiger partial charge >= 0.3 is 0 Å². The number of hydrogen-bond acceptors (Lipinski definition) is 5. The summed E-state index contributed by atoms with van der Waals surface area (Å²) in [6, 6.07) is 5.42. The molecule has 2 amide bonds. The first kappa shape index (κ1) is 18.8. The normalized spacial score (nSPS) is 17.8. The Hall–Kier alpha value is -1.97. The van der Waals surface area contributed by atoms with Gasteiger partial charge in [0.15, 0.2) is 0 Å². The van der Waals surface area contributed by atoms with E-state index in [0.717, 1.165) is 17.7 Å². The smallest absolute Gasteiger partial charge is 0.225 e. The van der Waals surface area contributed by atoms with E-state index in [1.807, 2.05) is 6.07 Å². The number of morpholine rings is 1. The fourth-order valence-corrected chi connectivity index (χ4v) is 4.59. The van der Waals surface area contributed by atoms with E-state index in [0.29, 0.717) is 38.5 Å². The fourth-order valence-electron chi connectivity index (χ4n) is 3.18. The number of carbonyl (C=O) groups excluding carboxylic acids is 2. The number of carbonyl (C=O) groups is 2. The molecule has 2 aliphatic rings. The Morgan fingerprint density at radius 3 is 2.62 bits per heavy atom. The highest BCUT2D eigenvalue weighted by atomic mass is 32.2. The van der Waals surface area contributed by atoms with Gasteiger partial charge in [-0.1, -0.05) is 6.07 Å². The summed E-state index contributed by atoms with van der Waals surface area (Å²) in [5.41, 5.74) is 2.43. The van der Waals surface area contributed by atoms with Crippen LogP contribution >= 0.6 is 0 Å². The number of ether oxygens (including phenoxy) is 1. The highest BCUT2D eigenvalue weighted by Gasteiger charge is 2.25. The zero-order chi connectivity index (χ0) is 18.7. The summed E-state index contributed by atoms with van der Waals surface area (Å²) in [7, 11) is -3.46. The van der Waals surface area contributed by atoms with Gasteiger partial charge in [-0.3, -0.25) is 9.59 Å². The van der Waals surface area contributed by atoms with Crippen LogP contribution in [0.3, 0.4) is 0 Å². The van der Waals surface area contributed by atoms with Crippen LogP contribution in [-0.4, -0.2) is 63.1 Å². The van der Waals surface area contributed by atoms with Crippen LogP contribution in [0.2, 0.25) is 0 Å². The molecule has 8 nitrogen and oxygen atoms in total. The van der Waals surface area contributed by atoms with Gasteiger partial charge in [0.2, 0.25) is 21.8 Å². The third-order valence-corrected chi connectivity index (χ3v) is 6.47. The van der Waals surface area contributed by atoms with Gasteiger partial charge in [0, 0.05) is 44.4 Å². The number of rotatable bonds is 5. The second-order valence-corrected chi connectivity index (χ2v) is 8.48. The molecule has 1 saturated heterocycles. The van der Waals surface area contributed by atoms with E-state index < -0.39 is 10.0 Å². The average Bonchev–Trinajstić information content (AvgIpc) is 3.04. The van der Waals surface area contributed by atoms with Gasteiger partial charge in [-0.25, -0.2) is 8.42 Å². The van der Waals surface area contributed by atoms with Gasteiger partial charge in [-0.2, -0.15) is 4.31 Å². The maximum atomic E-state index is 12.3. The van der Waals surface area contributed by atoms with Crippen molar-refractivity contribution in [2.24, 2.45) is 0 Å². The molecule has 0 bridgehead atoms. The van der Waals surface area contributed by atoms with Crippen molar-refractivity contribution in [3.63, 3.8) is 0 Å². The molecule has 0 aliphatic carbocycles. The number of nitrogens with zero attached hydrogens (tertiary/aromatic N) is 2. The molecule has 26 heavy (non-hydrogen) atoms. The van der Waals surface area contributed by atoms with E-state index >= 15 is 0 Å². The van der Waals surface area contributed by atoms with Crippen molar-refractivity contribution in [2.45, 2.75) is 19.8 Å². The third kappa shape index (κ3) is 4.22. The molecular weight excluding hydrogens is 358 g/mol. The van der Waals surface area contributed by atoms with Crippen molar-refractivity contribution in [1.82, 2.24) is 4.31 Å². The van der Waals surface area contributed by atoms with E-state index in [-0.39, 0.29) is 24.0 Å². The number of nitrogens with one attached hydrogen (secondary N) is 1. The summed E-state index contributed by atoms with van der Waals surface area (Å²) in [4.78, 5) is 25.5. The highest BCUT2D eigenvalue weighted by Crippen LogP contribution is 2.30. The minimum Gasteiger partial charge on any atom is -0.379 e. The lowest BCUT2D eigenvalue weighted by molar-refractivity contribution is -0.117. The van der Waals surface area contributed by atoms with E-state index in [1.54, 1.807) is 17.0 Å². The molecule has 1 aromatic rings. The summed E-state index contributed by atoms with van der Waals surface area (Å²) < 4.78 is 31.0. The van der Waals surface area contributed by atoms with Gasteiger partial charge < -0.3 is 15.0 Å². The number of anilines is 2. The molecule has 2 heterocycles. The lowest BCUT2D eigenvalue weighted by Crippen LogP contribution is -2.42. The quantitative estimate of drug-likeness (QED) is 0.805. The van der Waals surface area contributed by atoms with E-state index in [9.17, 15) is 18.0 Å². The maximum absolute atomic E-state index is 12.3. The first-order chi connectivity index (χ1) is 12.4. The van der Waals surface area contributed by atoms with Gasteiger partial charge in [0.05, 0.1) is 19.0 Å². The third-order valence-electron chi connectivity index (χ3n) is 4.60. The maximum Gasteiger partial charge on any atom is 0.225 e. The van der Waals surface area contributed by atoms with Crippen molar-refractivity contribution < 1.29 is 22.7 Å². The van der Waals surface area contributed by atoms with Crippen molar-refractivity contribution in [2.75, 3.05) is 48.8 Å². The molecule has 0 aromatic heterocycles. The molecule has 0 radical (unpaired) electrons. The monoisotopic (exact) mass is 381 g/mol. The number of sulfonamides is 1. The predicted octanol–water partition coefficient (Wildman–Crippen LogP) is 0.586. The Morgan fingerprint density at radius 2 is 1.92 bits per heavy atom. The van der Waals surface area contributed by atoms with Gasteiger partial charge in [-0.15, -0.1) is 0 Å². The number of fused-ring (bicyclic) bond motifs is 1. The van der Waals surface area contributed by atoms with Crippen LogP contribution in [0.25, 0.3) is 0 Å². The average molecular weight is 381 g/mol. The summed E-state index contributed by atoms with van der Waals surface area (Å²) in [5.74, 6) is -0.637. The first-order valence-corrected chi connectivity index (χ1v) is 10.2. The Labute approximate surface area is 153 Å². The van der Waals surface area contributed by atoms with Gasteiger partial charge in [0.25, 0.3) is 0 Å². The minimum absolute atomic E-state index is 0.0381. The van der Waals surface area contributed by atoms with Gasteiger partial charge in [-0.05, 0) is 24.1 Å². The Balaban J connectivity index is 1.59.